The molecule has 0 bridgehead atoms. The van der Waals surface area contributed by atoms with Crippen molar-refractivity contribution in [2.75, 3.05) is 0 Å². The molecule has 0 saturated carbocycles. The molecular weight excluding hydrogens is 264 g/mol. The molecule has 0 fully saturated rings. The van der Waals surface area contributed by atoms with Crippen LogP contribution >= 0.6 is 0 Å². The molecule has 0 radical (unpaired) electrons. The summed E-state index contributed by atoms with van der Waals surface area (Å²) >= 11 is 0. The van der Waals surface area contributed by atoms with Crippen molar-refractivity contribution in [3.8, 4) is 11.8 Å². The van der Waals surface area contributed by atoms with Gasteiger partial charge in [-0.3, -0.25) is 0 Å². The first-order valence-corrected chi connectivity index (χ1v) is 8.88. The molecule has 0 aromatic heterocycles. The lowest BCUT2D eigenvalue weighted by atomic mass is 9.74. The fraction of sp³-hybridized carbons (Fsp3) is 0.636. The molecule has 0 aromatic rings. The molecule has 0 saturated heterocycles. The van der Waals surface area contributed by atoms with Crippen LogP contribution in [0.3, 0.4) is 0 Å². The van der Waals surface area contributed by atoms with Crippen molar-refractivity contribution in [1.29, 1.82) is 0 Å². The molecule has 1 unspecified atom stereocenters. The van der Waals surface area contributed by atoms with E-state index in [1.54, 1.807) is 5.57 Å². The molecule has 0 spiro atoms. The summed E-state index contributed by atoms with van der Waals surface area (Å²) in [6.07, 6.45) is 14.1. The minimum absolute atomic E-state index is 0.296. The summed E-state index contributed by atoms with van der Waals surface area (Å²) in [6, 6.07) is 0. The zero-order valence-electron chi connectivity index (χ0n) is 16.0. The second-order valence-electron chi connectivity index (χ2n) is 6.46. The summed E-state index contributed by atoms with van der Waals surface area (Å²) in [5.74, 6) is 6.10. The predicted octanol–water partition coefficient (Wildman–Crippen LogP) is 7.24. The fourth-order valence-electron chi connectivity index (χ4n) is 2.64. The Hall–Kier alpha value is -1.22. The number of hydrogen-bond acceptors (Lipinski definition) is 0. The van der Waals surface area contributed by atoms with Gasteiger partial charge in [-0.1, -0.05) is 63.0 Å². The Morgan fingerprint density at radius 2 is 1.73 bits per heavy atom. The van der Waals surface area contributed by atoms with Gasteiger partial charge in [0.2, 0.25) is 0 Å². The van der Waals surface area contributed by atoms with Gasteiger partial charge in [-0.15, -0.1) is 5.92 Å². The second-order valence-corrected chi connectivity index (χ2v) is 6.46. The maximum absolute atomic E-state index is 3.13. The van der Waals surface area contributed by atoms with E-state index in [1.165, 1.54) is 17.6 Å². The summed E-state index contributed by atoms with van der Waals surface area (Å²) in [5.41, 5.74) is 4.61. The zero-order chi connectivity index (χ0) is 17.0. The van der Waals surface area contributed by atoms with Crippen molar-refractivity contribution >= 4 is 0 Å². The molecule has 0 aliphatic rings. The minimum atomic E-state index is 0.296. The first-order chi connectivity index (χ1) is 10.4. The largest absolute Gasteiger partial charge is 0.102 e. The second kappa shape index (κ2) is 11.4. The number of hydrogen-bond donors (Lipinski definition) is 0. The Morgan fingerprint density at radius 3 is 2.23 bits per heavy atom. The van der Waals surface area contributed by atoms with E-state index in [0.717, 1.165) is 32.1 Å². The molecule has 0 heterocycles. The van der Waals surface area contributed by atoms with E-state index in [-0.39, 0.29) is 0 Å². The van der Waals surface area contributed by atoms with Crippen molar-refractivity contribution in [3.63, 3.8) is 0 Å². The lowest BCUT2D eigenvalue weighted by Gasteiger charge is -2.31. The quantitative estimate of drug-likeness (QED) is 0.311. The summed E-state index contributed by atoms with van der Waals surface area (Å²) < 4.78 is 0. The molecule has 0 amide bonds. The molecule has 1 atom stereocenters. The van der Waals surface area contributed by atoms with Crippen molar-refractivity contribution in [1.82, 2.24) is 0 Å². The molecule has 0 N–H and O–H groups in total. The SMILES string of the molecule is CC#C/C(C)=C\CC/C(=C\CC)C(C)(CC)C/C=C(/C)CC. The van der Waals surface area contributed by atoms with Crippen molar-refractivity contribution in [2.24, 2.45) is 5.41 Å². The average molecular weight is 301 g/mol. The Kier molecular flexibility index (Phi) is 10.7. The van der Waals surface area contributed by atoms with Crippen LogP contribution < -0.4 is 0 Å². The average Bonchev–Trinajstić information content (AvgIpc) is 2.51. The maximum atomic E-state index is 3.13. The van der Waals surface area contributed by atoms with E-state index in [4.69, 9.17) is 0 Å². The van der Waals surface area contributed by atoms with Crippen LogP contribution in [0.2, 0.25) is 0 Å². The third-order valence-corrected chi connectivity index (χ3v) is 4.65. The van der Waals surface area contributed by atoms with Crippen LogP contribution in [0.4, 0.5) is 0 Å². The first-order valence-electron chi connectivity index (χ1n) is 8.88. The van der Waals surface area contributed by atoms with Gasteiger partial charge in [-0.2, -0.15) is 0 Å². The molecule has 0 rings (SSSR count). The highest BCUT2D eigenvalue weighted by molar-refractivity contribution is 5.26. The van der Waals surface area contributed by atoms with Crippen LogP contribution in [-0.2, 0) is 0 Å². The van der Waals surface area contributed by atoms with Crippen LogP contribution in [0, 0.1) is 17.3 Å². The lowest BCUT2D eigenvalue weighted by Crippen LogP contribution is -2.18. The van der Waals surface area contributed by atoms with E-state index in [9.17, 15) is 0 Å². The highest BCUT2D eigenvalue weighted by atomic mass is 14.3. The molecule has 0 heteroatoms. The Bertz CT molecular complexity index is 462. The van der Waals surface area contributed by atoms with Gasteiger partial charge in [-0.05, 0) is 70.3 Å². The molecule has 0 aromatic carbocycles. The number of allylic oxidation sites excluding steroid dienone is 6. The maximum Gasteiger partial charge on any atom is -0.00234 e. The van der Waals surface area contributed by atoms with E-state index in [0.29, 0.717) is 5.41 Å². The highest BCUT2D eigenvalue weighted by Gasteiger charge is 2.25. The van der Waals surface area contributed by atoms with Gasteiger partial charge in [0.25, 0.3) is 0 Å². The molecule has 0 aliphatic carbocycles. The van der Waals surface area contributed by atoms with E-state index in [2.05, 4.69) is 71.6 Å². The smallest absolute Gasteiger partial charge is 0.00234 e. The lowest BCUT2D eigenvalue weighted by molar-refractivity contribution is 0.372. The first kappa shape index (κ1) is 20.8. The summed E-state index contributed by atoms with van der Waals surface area (Å²) in [5, 5.41) is 0. The Labute approximate surface area is 139 Å². The van der Waals surface area contributed by atoms with E-state index in [1.807, 2.05) is 6.92 Å². The summed E-state index contributed by atoms with van der Waals surface area (Å²) in [6.45, 7) is 15.5. The molecule has 22 heavy (non-hydrogen) atoms. The minimum Gasteiger partial charge on any atom is -0.102 e. The van der Waals surface area contributed by atoms with Gasteiger partial charge >= 0.3 is 0 Å². The normalized spacial score (nSPS) is 16.0. The van der Waals surface area contributed by atoms with Crippen LogP contribution in [0.5, 0.6) is 0 Å². The van der Waals surface area contributed by atoms with Crippen molar-refractivity contribution in [3.05, 3.63) is 34.9 Å². The zero-order valence-corrected chi connectivity index (χ0v) is 16.0. The van der Waals surface area contributed by atoms with Crippen LogP contribution in [0.25, 0.3) is 0 Å². The van der Waals surface area contributed by atoms with Crippen LogP contribution in [0.1, 0.15) is 87.0 Å². The molecule has 124 valence electrons. The van der Waals surface area contributed by atoms with Gasteiger partial charge in [0.1, 0.15) is 0 Å². The highest BCUT2D eigenvalue weighted by Crippen LogP contribution is 2.38. The third-order valence-electron chi connectivity index (χ3n) is 4.65. The monoisotopic (exact) mass is 300 g/mol. The summed E-state index contributed by atoms with van der Waals surface area (Å²) in [7, 11) is 0. The van der Waals surface area contributed by atoms with E-state index < -0.39 is 0 Å². The van der Waals surface area contributed by atoms with Gasteiger partial charge in [0.05, 0.1) is 0 Å². The number of rotatable bonds is 9. The van der Waals surface area contributed by atoms with Crippen LogP contribution in [0.15, 0.2) is 34.9 Å². The van der Waals surface area contributed by atoms with Crippen molar-refractivity contribution in [2.45, 2.75) is 87.0 Å². The fourth-order valence-corrected chi connectivity index (χ4v) is 2.64. The topological polar surface area (TPSA) is 0 Å². The van der Waals surface area contributed by atoms with Gasteiger partial charge in [0, 0.05) is 0 Å². The molecule has 0 aliphatic heterocycles. The Balaban J connectivity index is 5.05. The standard InChI is InChI=1S/C22H36/c1-8-13-20(6)15-12-16-21(14-9-2)22(7,11-4)18-17-19(5)10-3/h14-15,17H,9-12,16,18H2,1-7H3/b19-17-,20-15-,21-14+. The van der Waals surface area contributed by atoms with Gasteiger partial charge in [-0.25, -0.2) is 0 Å². The third kappa shape index (κ3) is 7.69. The molecular formula is C22H36. The van der Waals surface area contributed by atoms with Gasteiger partial charge in [0.15, 0.2) is 0 Å². The predicted molar refractivity (Wildman–Crippen MR) is 102 cm³/mol. The molecule has 0 nitrogen and oxygen atoms in total. The van der Waals surface area contributed by atoms with Crippen molar-refractivity contribution < 1.29 is 0 Å². The summed E-state index contributed by atoms with van der Waals surface area (Å²) in [4.78, 5) is 0. The van der Waals surface area contributed by atoms with Gasteiger partial charge < -0.3 is 0 Å². The van der Waals surface area contributed by atoms with Crippen LogP contribution in [-0.4, -0.2) is 0 Å². The Morgan fingerprint density at radius 1 is 1.05 bits per heavy atom. The van der Waals surface area contributed by atoms with E-state index >= 15 is 0 Å².